The van der Waals surface area contributed by atoms with Crippen LogP contribution in [0.15, 0.2) is 30.3 Å². The molecule has 0 saturated carbocycles. The summed E-state index contributed by atoms with van der Waals surface area (Å²) < 4.78 is 0. The number of carbonyl (C=O) groups is 2. The van der Waals surface area contributed by atoms with Crippen molar-refractivity contribution in [2.45, 2.75) is 6.42 Å². The number of aliphatic carboxylic acids is 1. The maximum Gasteiger partial charge on any atom is 0.325 e. The lowest BCUT2D eigenvalue weighted by Crippen LogP contribution is -2.46. The van der Waals surface area contributed by atoms with Gasteiger partial charge in [0.1, 0.15) is 6.54 Å². The van der Waals surface area contributed by atoms with Crippen LogP contribution >= 0.6 is 0 Å². The number of anilines is 1. The molecule has 1 aromatic carbocycles. The van der Waals surface area contributed by atoms with Crippen molar-refractivity contribution in [2.24, 2.45) is 0 Å². The molecule has 0 atom stereocenters. The number of carbonyl (C=O) groups excluding carboxylic acids is 1. The molecule has 2 N–H and O–H groups in total. The van der Waals surface area contributed by atoms with Gasteiger partial charge in [0.15, 0.2) is 0 Å². The number of hydrogen-bond donors (Lipinski definition) is 2. The van der Waals surface area contributed by atoms with E-state index in [4.69, 9.17) is 5.11 Å². The van der Waals surface area contributed by atoms with E-state index in [1.54, 1.807) is 29.2 Å². The zero-order valence-electron chi connectivity index (χ0n) is 11.3. The Kier molecular flexibility index (Phi) is 4.95. The summed E-state index contributed by atoms with van der Waals surface area (Å²) in [7, 11) is 0. The van der Waals surface area contributed by atoms with E-state index in [1.807, 2.05) is 6.07 Å². The van der Waals surface area contributed by atoms with E-state index in [-0.39, 0.29) is 12.6 Å². The van der Waals surface area contributed by atoms with Gasteiger partial charge in [0.25, 0.3) is 0 Å². The van der Waals surface area contributed by atoms with E-state index in [0.29, 0.717) is 18.8 Å². The molecule has 0 bridgehead atoms. The maximum atomic E-state index is 12.5. The Balaban J connectivity index is 2.17. The van der Waals surface area contributed by atoms with Crippen LogP contribution in [0.1, 0.15) is 6.42 Å². The molecule has 6 nitrogen and oxygen atoms in total. The van der Waals surface area contributed by atoms with Crippen molar-refractivity contribution in [3.63, 3.8) is 0 Å². The number of rotatable bonds is 3. The molecule has 0 unspecified atom stereocenters. The molecule has 1 aliphatic heterocycles. The summed E-state index contributed by atoms with van der Waals surface area (Å²) in [6.45, 7) is 2.54. The van der Waals surface area contributed by atoms with Crippen LogP contribution in [0.3, 0.4) is 0 Å². The van der Waals surface area contributed by atoms with Gasteiger partial charge >= 0.3 is 12.0 Å². The molecule has 2 amide bonds. The SMILES string of the molecule is O=C(O)CN(C(=O)N1CCCNCC1)c1ccccc1. The molecule has 0 spiro atoms. The quantitative estimate of drug-likeness (QED) is 0.864. The molecule has 2 rings (SSSR count). The summed E-state index contributed by atoms with van der Waals surface area (Å²) >= 11 is 0. The number of benzene rings is 1. The third kappa shape index (κ3) is 3.71. The molecule has 1 fully saturated rings. The van der Waals surface area contributed by atoms with Crippen molar-refractivity contribution < 1.29 is 14.7 Å². The fourth-order valence-corrected chi connectivity index (χ4v) is 2.22. The van der Waals surface area contributed by atoms with Gasteiger partial charge in [-0.15, -0.1) is 0 Å². The molecule has 0 radical (unpaired) electrons. The average molecular weight is 277 g/mol. The molecule has 1 aliphatic rings. The number of amides is 2. The highest BCUT2D eigenvalue weighted by Gasteiger charge is 2.24. The van der Waals surface area contributed by atoms with E-state index >= 15 is 0 Å². The monoisotopic (exact) mass is 277 g/mol. The van der Waals surface area contributed by atoms with Crippen molar-refractivity contribution in [3.05, 3.63) is 30.3 Å². The Morgan fingerprint density at radius 2 is 1.95 bits per heavy atom. The summed E-state index contributed by atoms with van der Waals surface area (Å²) in [6, 6.07) is 8.67. The highest BCUT2D eigenvalue weighted by atomic mass is 16.4. The van der Waals surface area contributed by atoms with Gasteiger partial charge in [0.2, 0.25) is 0 Å². The third-order valence-corrected chi connectivity index (χ3v) is 3.20. The smallest absolute Gasteiger partial charge is 0.325 e. The number of hydrogen-bond acceptors (Lipinski definition) is 3. The lowest BCUT2D eigenvalue weighted by Gasteiger charge is -2.28. The van der Waals surface area contributed by atoms with Crippen LogP contribution in [0.2, 0.25) is 0 Å². The van der Waals surface area contributed by atoms with E-state index < -0.39 is 5.97 Å². The second kappa shape index (κ2) is 6.91. The molecule has 108 valence electrons. The summed E-state index contributed by atoms with van der Waals surface area (Å²) in [5, 5.41) is 12.2. The lowest BCUT2D eigenvalue weighted by atomic mass is 10.3. The highest BCUT2D eigenvalue weighted by molar-refractivity contribution is 5.96. The zero-order valence-corrected chi connectivity index (χ0v) is 11.3. The van der Waals surface area contributed by atoms with Crippen molar-refractivity contribution in [1.29, 1.82) is 0 Å². The second-order valence-electron chi connectivity index (χ2n) is 4.69. The van der Waals surface area contributed by atoms with Gasteiger partial charge in [0.05, 0.1) is 0 Å². The average Bonchev–Trinajstić information content (AvgIpc) is 2.74. The van der Waals surface area contributed by atoms with Gasteiger partial charge in [-0.25, -0.2) is 4.79 Å². The number of nitrogens with zero attached hydrogens (tertiary/aromatic N) is 2. The fraction of sp³-hybridized carbons (Fsp3) is 0.429. The topological polar surface area (TPSA) is 72.9 Å². The van der Waals surface area contributed by atoms with Gasteiger partial charge < -0.3 is 15.3 Å². The minimum Gasteiger partial charge on any atom is -0.480 e. The van der Waals surface area contributed by atoms with Crippen LogP contribution in [-0.4, -0.2) is 54.7 Å². The van der Waals surface area contributed by atoms with Gasteiger partial charge in [-0.3, -0.25) is 9.69 Å². The first-order chi connectivity index (χ1) is 9.68. The summed E-state index contributed by atoms with van der Waals surface area (Å²) in [5.74, 6) is -1.02. The molecule has 20 heavy (non-hydrogen) atoms. The van der Waals surface area contributed by atoms with Gasteiger partial charge in [-0.1, -0.05) is 18.2 Å². The Morgan fingerprint density at radius 1 is 1.20 bits per heavy atom. The normalized spacial score (nSPS) is 15.5. The third-order valence-electron chi connectivity index (χ3n) is 3.20. The molecular formula is C14H19N3O3. The maximum absolute atomic E-state index is 12.5. The molecule has 1 heterocycles. The van der Waals surface area contributed by atoms with Gasteiger partial charge in [-0.2, -0.15) is 0 Å². The minimum atomic E-state index is -1.02. The molecule has 0 aliphatic carbocycles. The Morgan fingerprint density at radius 3 is 2.65 bits per heavy atom. The molecular weight excluding hydrogens is 258 g/mol. The van der Waals surface area contributed by atoms with Crippen LogP contribution in [0.25, 0.3) is 0 Å². The van der Waals surface area contributed by atoms with Crippen molar-refractivity contribution in [3.8, 4) is 0 Å². The molecule has 6 heteroatoms. The van der Waals surface area contributed by atoms with Crippen LogP contribution in [-0.2, 0) is 4.79 Å². The minimum absolute atomic E-state index is 0.248. The summed E-state index contributed by atoms with van der Waals surface area (Å²) in [6.07, 6.45) is 0.876. The predicted molar refractivity (Wildman–Crippen MR) is 75.9 cm³/mol. The molecule has 1 saturated heterocycles. The number of carboxylic acid groups (broad SMARTS) is 1. The number of nitrogens with one attached hydrogen (secondary N) is 1. The standard InChI is InChI=1S/C14H19N3O3/c18-13(19)11-17(12-5-2-1-3-6-12)14(20)16-9-4-7-15-8-10-16/h1-3,5-6,15H,4,7-11H2,(H,18,19). The van der Waals surface area contributed by atoms with Gasteiger partial charge in [0, 0.05) is 25.3 Å². The van der Waals surface area contributed by atoms with Crippen LogP contribution < -0.4 is 10.2 Å². The van der Waals surface area contributed by atoms with E-state index in [0.717, 1.165) is 19.5 Å². The summed E-state index contributed by atoms with van der Waals surface area (Å²) in [4.78, 5) is 26.6. The number of para-hydroxylation sites is 1. The van der Waals surface area contributed by atoms with E-state index in [9.17, 15) is 9.59 Å². The van der Waals surface area contributed by atoms with E-state index in [1.165, 1.54) is 4.90 Å². The first-order valence-corrected chi connectivity index (χ1v) is 6.72. The van der Waals surface area contributed by atoms with Gasteiger partial charge in [-0.05, 0) is 25.1 Å². The van der Waals surface area contributed by atoms with Crippen LogP contribution in [0.4, 0.5) is 10.5 Å². The number of urea groups is 1. The first kappa shape index (κ1) is 14.3. The van der Waals surface area contributed by atoms with Crippen molar-refractivity contribution in [2.75, 3.05) is 37.6 Å². The first-order valence-electron chi connectivity index (χ1n) is 6.72. The fourth-order valence-electron chi connectivity index (χ4n) is 2.22. The Hall–Kier alpha value is -2.08. The van der Waals surface area contributed by atoms with Crippen LogP contribution in [0, 0.1) is 0 Å². The Bertz CT molecular complexity index is 456. The predicted octanol–water partition coefficient (Wildman–Crippen LogP) is 0.993. The Labute approximate surface area is 118 Å². The largest absolute Gasteiger partial charge is 0.480 e. The van der Waals surface area contributed by atoms with Crippen molar-refractivity contribution >= 4 is 17.7 Å². The lowest BCUT2D eigenvalue weighted by molar-refractivity contribution is -0.135. The van der Waals surface area contributed by atoms with Crippen molar-refractivity contribution in [1.82, 2.24) is 10.2 Å². The summed E-state index contributed by atoms with van der Waals surface area (Å²) in [5.41, 5.74) is 0.608. The molecule has 1 aromatic rings. The number of carboxylic acids is 1. The van der Waals surface area contributed by atoms with E-state index in [2.05, 4.69) is 5.32 Å². The zero-order chi connectivity index (χ0) is 14.4. The second-order valence-corrected chi connectivity index (χ2v) is 4.69. The highest BCUT2D eigenvalue weighted by Crippen LogP contribution is 2.15. The molecule has 0 aromatic heterocycles. The van der Waals surface area contributed by atoms with Crippen LogP contribution in [0.5, 0.6) is 0 Å².